The van der Waals surface area contributed by atoms with Gasteiger partial charge < -0.3 is 9.88 Å². The van der Waals surface area contributed by atoms with E-state index in [1.165, 1.54) is 50.1 Å². The summed E-state index contributed by atoms with van der Waals surface area (Å²) in [6.07, 6.45) is 11.2. The summed E-state index contributed by atoms with van der Waals surface area (Å²) in [6.45, 7) is 3.08. The molecule has 0 spiro atoms. The van der Waals surface area contributed by atoms with Crippen LogP contribution in [0.1, 0.15) is 50.2 Å². The summed E-state index contributed by atoms with van der Waals surface area (Å²) in [5, 5.41) is 12.1. The fraction of sp³-hybridized carbons (Fsp3) is 0.857. The number of unbranched alkanes of at least 4 members (excludes halogenated alkanes) is 3. The number of aromatic nitrogens is 3. The molecule has 5 heteroatoms. The second-order valence-electron chi connectivity index (χ2n) is 5.22. The molecule has 0 bridgehead atoms. The summed E-state index contributed by atoms with van der Waals surface area (Å²) < 4.78 is 2.30. The molecule has 2 rings (SSSR count). The van der Waals surface area contributed by atoms with Crippen molar-refractivity contribution in [2.75, 3.05) is 18.6 Å². The minimum Gasteiger partial charge on any atom is -0.314 e. The lowest BCUT2D eigenvalue weighted by atomic mass is 10.1. The van der Waals surface area contributed by atoms with Crippen LogP contribution in [0.2, 0.25) is 0 Å². The molecule has 1 N–H and O–H groups in total. The van der Waals surface area contributed by atoms with Gasteiger partial charge in [-0.2, -0.15) is 11.8 Å². The number of fused-ring (bicyclic) bond motifs is 1. The molecule has 0 aromatic carbocycles. The van der Waals surface area contributed by atoms with Crippen LogP contribution in [-0.2, 0) is 19.5 Å². The number of rotatable bonds is 9. The molecule has 1 aliphatic rings. The van der Waals surface area contributed by atoms with E-state index in [0.29, 0.717) is 0 Å². The van der Waals surface area contributed by atoms with Crippen LogP contribution in [0.3, 0.4) is 0 Å². The fourth-order valence-electron chi connectivity index (χ4n) is 2.55. The smallest absolute Gasteiger partial charge is 0.147 e. The van der Waals surface area contributed by atoms with E-state index in [1.807, 2.05) is 11.8 Å². The Balaban J connectivity index is 1.57. The van der Waals surface area contributed by atoms with E-state index in [2.05, 4.69) is 26.3 Å². The van der Waals surface area contributed by atoms with Gasteiger partial charge in [0.2, 0.25) is 0 Å². The summed E-state index contributed by atoms with van der Waals surface area (Å²) in [5.74, 6) is 3.61. The Kier molecular flexibility index (Phi) is 6.71. The van der Waals surface area contributed by atoms with Crippen molar-refractivity contribution in [3.05, 3.63) is 11.6 Å². The first-order chi connectivity index (χ1) is 9.42. The second-order valence-corrected chi connectivity index (χ2v) is 6.21. The molecule has 0 aliphatic carbocycles. The van der Waals surface area contributed by atoms with Gasteiger partial charge >= 0.3 is 0 Å². The maximum Gasteiger partial charge on any atom is 0.147 e. The fourth-order valence-corrected chi connectivity index (χ4v) is 3.04. The summed E-state index contributed by atoms with van der Waals surface area (Å²) in [4.78, 5) is 0. The molecule has 0 saturated carbocycles. The van der Waals surface area contributed by atoms with Crippen molar-refractivity contribution in [3.8, 4) is 0 Å². The van der Waals surface area contributed by atoms with E-state index in [0.717, 1.165) is 31.9 Å². The van der Waals surface area contributed by atoms with Crippen molar-refractivity contribution in [1.82, 2.24) is 20.1 Å². The van der Waals surface area contributed by atoms with Gasteiger partial charge in [0.15, 0.2) is 0 Å². The lowest BCUT2D eigenvalue weighted by Gasteiger charge is -2.14. The van der Waals surface area contributed by atoms with E-state index < -0.39 is 0 Å². The molecular formula is C14H26N4S. The molecule has 1 aromatic rings. The van der Waals surface area contributed by atoms with Crippen molar-refractivity contribution in [2.45, 2.75) is 58.0 Å². The Hall–Kier alpha value is -0.550. The zero-order valence-corrected chi connectivity index (χ0v) is 12.8. The van der Waals surface area contributed by atoms with Crippen LogP contribution >= 0.6 is 11.8 Å². The largest absolute Gasteiger partial charge is 0.314 e. The summed E-state index contributed by atoms with van der Waals surface area (Å²) in [7, 11) is 0. The van der Waals surface area contributed by atoms with Crippen LogP contribution in [-0.4, -0.2) is 33.3 Å². The van der Waals surface area contributed by atoms with Crippen molar-refractivity contribution in [1.29, 1.82) is 0 Å². The quantitative estimate of drug-likeness (QED) is 0.707. The first kappa shape index (κ1) is 14.9. The number of aryl methyl sites for hydroxylation is 1. The van der Waals surface area contributed by atoms with Crippen LogP contribution in [0.25, 0.3) is 0 Å². The molecule has 2 heterocycles. The third-order valence-corrected chi connectivity index (χ3v) is 4.37. The number of hydrogen-bond donors (Lipinski definition) is 1. The van der Waals surface area contributed by atoms with Gasteiger partial charge in [-0.25, -0.2) is 0 Å². The lowest BCUT2D eigenvalue weighted by Crippen LogP contribution is -2.20. The van der Waals surface area contributed by atoms with Gasteiger partial charge in [-0.1, -0.05) is 12.8 Å². The maximum absolute atomic E-state index is 4.30. The standard InChI is InChI=1S/C14H26N4S/c1-19-11-7-3-2-5-9-15-12-14-17-16-13-8-4-6-10-18(13)14/h15H,2-12H2,1H3. The van der Waals surface area contributed by atoms with E-state index >= 15 is 0 Å². The second kappa shape index (κ2) is 8.59. The normalized spacial score (nSPS) is 14.6. The maximum atomic E-state index is 4.30. The van der Waals surface area contributed by atoms with E-state index in [4.69, 9.17) is 0 Å². The highest BCUT2D eigenvalue weighted by Gasteiger charge is 2.14. The summed E-state index contributed by atoms with van der Waals surface area (Å²) in [5.41, 5.74) is 0. The van der Waals surface area contributed by atoms with Crippen LogP contribution in [0, 0.1) is 0 Å². The molecule has 0 fully saturated rings. The monoisotopic (exact) mass is 282 g/mol. The first-order valence-electron chi connectivity index (χ1n) is 7.52. The summed E-state index contributed by atoms with van der Waals surface area (Å²) >= 11 is 1.95. The molecule has 19 heavy (non-hydrogen) atoms. The summed E-state index contributed by atoms with van der Waals surface area (Å²) in [6, 6.07) is 0. The number of nitrogens with one attached hydrogen (secondary N) is 1. The van der Waals surface area contributed by atoms with Crippen LogP contribution in [0.15, 0.2) is 0 Å². The third-order valence-electron chi connectivity index (χ3n) is 3.67. The van der Waals surface area contributed by atoms with Crippen LogP contribution in [0.4, 0.5) is 0 Å². The van der Waals surface area contributed by atoms with E-state index in [1.54, 1.807) is 0 Å². The van der Waals surface area contributed by atoms with Crippen molar-refractivity contribution in [3.63, 3.8) is 0 Å². The van der Waals surface area contributed by atoms with Gasteiger partial charge in [-0.15, -0.1) is 10.2 Å². The molecule has 0 saturated heterocycles. The Morgan fingerprint density at radius 3 is 2.95 bits per heavy atom. The first-order valence-corrected chi connectivity index (χ1v) is 8.92. The van der Waals surface area contributed by atoms with Gasteiger partial charge in [0.25, 0.3) is 0 Å². The van der Waals surface area contributed by atoms with Gasteiger partial charge in [-0.05, 0) is 44.2 Å². The molecule has 0 atom stereocenters. The molecule has 0 radical (unpaired) electrons. The number of hydrogen-bond acceptors (Lipinski definition) is 4. The highest BCUT2D eigenvalue weighted by atomic mass is 32.2. The third kappa shape index (κ3) is 4.80. The predicted octanol–water partition coefficient (Wildman–Crippen LogP) is 2.63. The predicted molar refractivity (Wildman–Crippen MR) is 81.5 cm³/mol. The van der Waals surface area contributed by atoms with Gasteiger partial charge in [0.05, 0.1) is 6.54 Å². The Morgan fingerprint density at radius 1 is 1.16 bits per heavy atom. The van der Waals surface area contributed by atoms with Gasteiger partial charge in [-0.3, -0.25) is 0 Å². The average molecular weight is 282 g/mol. The number of nitrogens with zero attached hydrogens (tertiary/aromatic N) is 3. The minimum atomic E-state index is 0.873. The minimum absolute atomic E-state index is 0.873. The van der Waals surface area contributed by atoms with Gasteiger partial charge in [0.1, 0.15) is 11.6 Å². The van der Waals surface area contributed by atoms with Crippen molar-refractivity contribution >= 4 is 11.8 Å². The Bertz CT molecular complexity index is 364. The molecule has 4 nitrogen and oxygen atoms in total. The van der Waals surface area contributed by atoms with E-state index in [9.17, 15) is 0 Å². The average Bonchev–Trinajstić information content (AvgIpc) is 2.85. The zero-order valence-electron chi connectivity index (χ0n) is 12.0. The highest BCUT2D eigenvalue weighted by Crippen LogP contribution is 2.13. The molecule has 1 aliphatic heterocycles. The van der Waals surface area contributed by atoms with Crippen LogP contribution < -0.4 is 5.32 Å². The Morgan fingerprint density at radius 2 is 2.05 bits per heavy atom. The molecule has 108 valence electrons. The molecular weight excluding hydrogens is 256 g/mol. The lowest BCUT2D eigenvalue weighted by molar-refractivity contribution is 0.494. The van der Waals surface area contributed by atoms with Gasteiger partial charge in [0, 0.05) is 13.0 Å². The zero-order chi connectivity index (χ0) is 13.3. The Labute approximate surface area is 120 Å². The van der Waals surface area contributed by atoms with Crippen molar-refractivity contribution in [2.24, 2.45) is 0 Å². The number of thioether (sulfide) groups is 1. The molecule has 0 unspecified atom stereocenters. The molecule has 1 aromatic heterocycles. The van der Waals surface area contributed by atoms with E-state index in [-0.39, 0.29) is 0 Å². The molecule has 0 amide bonds. The van der Waals surface area contributed by atoms with Crippen LogP contribution in [0.5, 0.6) is 0 Å². The topological polar surface area (TPSA) is 42.7 Å². The SMILES string of the molecule is CSCCCCCCNCc1nnc2n1CCCC2. The van der Waals surface area contributed by atoms with Crippen molar-refractivity contribution < 1.29 is 0 Å². The highest BCUT2D eigenvalue weighted by molar-refractivity contribution is 7.98.